The van der Waals surface area contributed by atoms with Gasteiger partial charge >= 0.3 is 0 Å². The number of aromatic nitrogens is 1. The van der Waals surface area contributed by atoms with Gasteiger partial charge in [0, 0.05) is 13.0 Å². The van der Waals surface area contributed by atoms with Gasteiger partial charge in [0.1, 0.15) is 11.6 Å². The highest BCUT2D eigenvalue weighted by Crippen LogP contribution is 2.24. The van der Waals surface area contributed by atoms with Crippen LogP contribution in [-0.4, -0.2) is 36.4 Å². The van der Waals surface area contributed by atoms with E-state index in [1.165, 1.54) is 6.07 Å². The van der Waals surface area contributed by atoms with Crippen LogP contribution in [0, 0.1) is 12.7 Å². The van der Waals surface area contributed by atoms with Gasteiger partial charge in [-0.05, 0) is 26.0 Å². The standard InChI is InChI=1S/C18H21FN2O4/c1-12-15(21-17(25-12)13-5-3-4-6-14(13)19)11-16(22)20-8-7-18(2)23-9-10-24-18/h3-6H,7-11H2,1-2H3,(H,20,22). The summed E-state index contributed by atoms with van der Waals surface area (Å²) in [4.78, 5) is 16.4. The third kappa shape index (κ3) is 4.24. The van der Waals surface area contributed by atoms with Gasteiger partial charge in [0.25, 0.3) is 0 Å². The van der Waals surface area contributed by atoms with Crippen molar-refractivity contribution in [2.24, 2.45) is 0 Å². The fraction of sp³-hybridized carbons (Fsp3) is 0.444. The van der Waals surface area contributed by atoms with Crippen LogP contribution in [0.5, 0.6) is 0 Å². The first kappa shape index (κ1) is 17.6. The molecular weight excluding hydrogens is 327 g/mol. The fourth-order valence-electron chi connectivity index (χ4n) is 2.69. The number of rotatable bonds is 6. The number of aryl methyl sites for hydroxylation is 1. The summed E-state index contributed by atoms with van der Waals surface area (Å²) in [7, 11) is 0. The molecule has 1 amide bonds. The fourth-order valence-corrected chi connectivity index (χ4v) is 2.69. The van der Waals surface area contributed by atoms with E-state index in [0.717, 1.165) is 0 Å². The number of amides is 1. The van der Waals surface area contributed by atoms with Crippen LogP contribution in [0.2, 0.25) is 0 Å². The van der Waals surface area contributed by atoms with Crippen molar-refractivity contribution in [2.45, 2.75) is 32.5 Å². The SMILES string of the molecule is Cc1oc(-c2ccccc2F)nc1CC(=O)NCCC1(C)OCCO1. The van der Waals surface area contributed by atoms with Crippen molar-refractivity contribution >= 4 is 5.91 Å². The van der Waals surface area contributed by atoms with Crippen LogP contribution in [-0.2, 0) is 20.7 Å². The normalized spacial score (nSPS) is 16.1. The molecule has 1 saturated heterocycles. The molecule has 0 atom stereocenters. The summed E-state index contributed by atoms with van der Waals surface area (Å²) in [6.07, 6.45) is 0.638. The summed E-state index contributed by atoms with van der Waals surface area (Å²) in [6, 6.07) is 6.24. The molecule has 1 N–H and O–H groups in total. The number of carbonyl (C=O) groups excluding carboxylic acids is 1. The average Bonchev–Trinajstić information content (AvgIpc) is 3.15. The lowest BCUT2D eigenvalue weighted by molar-refractivity contribution is -0.146. The zero-order valence-electron chi connectivity index (χ0n) is 14.3. The minimum atomic E-state index is -0.630. The maximum absolute atomic E-state index is 13.8. The molecular formula is C18H21FN2O4. The van der Waals surface area contributed by atoms with Gasteiger partial charge in [0.2, 0.25) is 11.8 Å². The van der Waals surface area contributed by atoms with Gasteiger partial charge in [-0.2, -0.15) is 0 Å². The second-order valence-electron chi connectivity index (χ2n) is 6.11. The number of nitrogens with one attached hydrogen (secondary N) is 1. The van der Waals surface area contributed by atoms with Gasteiger partial charge in [0.15, 0.2) is 5.79 Å². The molecule has 0 bridgehead atoms. The Labute approximate surface area is 145 Å². The van der Waals surface area contributed by atoms with Crippen LogP contribution in [0.4, 0.5) is 4.39 Å². The quantitative estimate of drug-likeness (QED) is 0.869. The highest BCUT2D eigenvalue weighted by Gasteiger charge is 2.30. The molecule has 1 aliphatic rings. The Balaban J connectivity index is 1.57. The van der Waals surface area contributed by atoms with E-state index in [0.29, 0.717) is 37.6 Å². The molecule has 0 spiro atoms. The molecule has 1 aromatic heterocycles. The molecule has 1 aliphatic heterocycles. The van der Waals surface area contributed by atoms with Crippen molar-refractivity contribution in [3.63, 3.8) is 0 Å². The molecule has 6 nitrogen and oxygen atoms in total. The van der Waals surface area contributed by atoms with Gasteiger partial charge in [-0.15, -0.1) is 0 Å². The number of oxazole rings is 1. The average molecular weight is 348 g/mol. The predicted molar refractivity (Wildman–Crippen MR) is 88.3 cm³/mol. The summed E-state index contributed by atoms with van der Waals surface area (Å²) >= 11 is 0. The van der Waals surface area contributed by atoms with E-state index >= 15 is 0 Å². The van der Waals surface area contributed by atoms with Gasteiger partial charge < -0.3 is 19.2 Å². The molecule has 0 aliphatic carbocycles. The van der Waals surface area contributed by atoms with E-state index in [9.17, 15) is 9.18 Å². The van der Waals surface area contributed by atoms with E-state index in [1.54, 1.807) is 25.1 Å². The van der Waals surface area contributed by atoms with Crippen molar-refractivity contribution in [3.05, 3.63) is 41.5 Å². The summed E-state index contributed by atoms with van der Waals surface area (Å²) in [5, 5.41) is 2.82. The molecule has 134 valence electrons. The minimum Gasteiger partial charge on any atom is -0.441 e. The molecule has 0 unspecified atom stereocenters. The Morgan fingerprint density at radius 1 is 1.32 bits per heavy atom. The van der Waals surface area contributed by atoms with E-state index < -0.39 is 11.6 Å². The van der Waals surface area contributed by atoms with Crippen molar-refractivity contribution < 1.29 is 23.1 Å². The molecule has 2 heterocycles. The Morgan fingerprint density at radius 2 is 2.04 bits per heavy atom. The summed E-state index contributed by atoms with van der Waals surface area (Å²) in [5.74, 6) is -0.543. The number of halogens is 1. The van der Waals surface area contributed by atoms with Crippen molar-refractivity contribution in [3.8, 4) is 11.5 Å². The molecule has 1 aromatic carbocycles. The first-order chi connectivity index (χ1) is 12.0. The molecule has 7 heteroatoms. The topological polar surface area (TPSA) is 73.6 Å². The first-order valence-electron chi connectivity index (χ1n) is 8.23. The molecule has 25 heavy (non-hydrogen) atoms. The lowest BCUT2D eigenvalue weighted by Gasteiger charge is -2.22. The van der Waals surface area contributed by atoms with Crippen LogP contribution in [0.25, 0.3) is 11.5 Å². The monoisotopic (exact) mass is 348 g/mol. The van der Waals surface area contributed by atoms with E-state index in [2.05, 4.69) is 10.3 Å². The summed E-state index contributed by atoms with van der Waals surface area (Å²) < 4.78 is 30.3. The summed E-state index contributed by atoms with van der Waals surface area (Å²) in [6.45, 7) is 5.14. The second-order valence-corrected chi connectivity index (χ2v) is 6.11. The van der Waals surface area contributed by atoms with Crippen LogP contribution in [0.3, 0.4) is 0 Å². The van der Waals surface area contributed by atoms with E-state index in [-0.39, 0.29) is 23.8 Å². The van der Waals surface area contributed by atoms with E-state index in [1.807, 2.05) is 6.92 Å². The number of hydrogen-bond acceptors (Lipinski definition) is 5. The van der Waals surface area contributed by atoms with Gasteiger partial charge in [0.05, 0.1) is 30.9 Å². The zero-order valence-corrected chi connectivity index (χ0v) is 14.3. The Bertz CT molecular complexity index is 753. The van der Waals surface area contributed by atoms with Crippen molar-refractivity contribution in [1.82, 2.24) is 10.3 Å². The Hall–Kier alpha value is -2.25. The Morgan fingerprint density at radius 3 is 2.76 bits per heavy atom. The molecule has 3 rings (SSSR count). The van der Waals surface area contributed by atoms with Crippen LogP contribution in [0.15, 0.2) is 28.7 Å². The molecule has 2 aromatic rings. The lowest BCUT2D eigenvalue weighted by atomic mass is 10.2. The number of nitrogens with zero attached hydrogens (tertiary/aromatic N) is 1. The largest absolute Gasteiger partial charge is 0.441 e. The first-order valence-corrected chi connectivity index (χ1v) is 8.23. The van der Waals surface area contributed by atoms with Crippen molar-refractivity contribution in [1.29, 1.82) is 0 Å². The Kier molecular flexibility index (Phi) is 5.15. The van der Waals surface area contributed by atoms with Gasteiger partial charge in [-0.25, -0.2) is 9.37 Å². The number of carbonyl (C=O) groups is 1. The maximum Gasteiger partial charge on any atom is 0.229 e. The van der Waals surface area contributed by atoms with Crippen LogP contribution >= 0.6 is 0 Å². The molecule has 1 fully saturated rings. The number of benzene rings is 1. The lowest BCUT2D eigenvalue weighted by Crippen LogP contribution is -2.34. The van der Waals surface area contributed by atoms with Crippen molar-refractivity contribution in [2.75, 3.05) is 19.8 Å². The highest BCUT2D eigenvalue weighted by atomic mass is 19.1. The smallest absolute Gasteiger partial charge is 0.229 e. The third-order valence-electron chi connectivity index (χ3n) is 4.12. The van der Waals surface area contributed by atoms with Crippen LogP contribution in [0.1, 0.15) is 24.8 Å². The highest BCUT2D eigenvalue weighted by molar-refractivity contribution is 5.78. The molecule has 0 radical (unpaired) electrons. The number of hydrogen-bond donors (Lipinski definition) is 1. The second kappa shape index (κ2) is 7.33. The molecule has 0 saturated carbocycles. The van der Waals surface area contributed by atoms with Gasteiger partial charge in [-0.1, -0.05) is 12.1 Å². The zero-order chi connectivity index (χ0) is 17.9. The third-order valence-corrected chi connectivity index (χ3v) is 4.12. The predicted octanol–water partition coefficient (Wildman–Crippen LogP) is 2.60. The summed E-state index contributed by atoms with van der Waals surface area (Å²) in [5.41, 5.74) is 0.774. The minimum absolute atomic E-state index is 0.0716. The van der Waals surface area contributed by atoms with E-state index in [4.69, 9.17) is 13.9 Å². The van der Waals surface area contributed by atoms with Gasteiger partial charge in [-0.3, -0.25) is 4.79 Å². The number of ether oxygens (including phenoxy) is 2. The van der Waals surface area contributed by atoms with Crippen LogP contribution < -0.4 is 5.32 Å². The maximum atomic E-state index is 13.8.